The average molecular weight is 406 g/mol. The SMILES string of the molecule is Cc1cc2cccnc2cc1-c1nc2ccc(SCCCN(C)CCN)cc2[nH]1. The predicted octanol–water partition coefficient (Wildman–Crippen LogP) is 4.46. The standard InChI is InChI=1S/C23H27N5S/c1-16-13-17-5-3-9-25-21(17)15-19(16)23-26-20-7-6-18(14-22(20)27-23)29-12-4-10-28(2)11-8-24/h3,5-7,9,13-15H,4,8,10-12,24H2,1-2H3,(H,26,27). The quantitative estimate of drug-likeness (QED) is 0.335. The van der Waals surface area contributed by atoms with Crippen LogP contribution in [0.3, 0.4) is 0 Å². The van der Waals surface area contributed by atoms with Crippen molar-refractivity contribution in [2.75, 3.05) is 32.4 Å². The minimum atomic E-state index is 0.717. The van der Waals surface area contributed by atoms with Gasteiger partial charge in [-0.1, -0.05) is 6.07 Å². The van der Waals surface area contributed by atoms with Gasteiger partial charge in [-0.3, -0.25) is 4.98 Å². The summed E-state index contributed by atoms with van der Waals surface area (Å²) in [5, 5.41) is 1.15. The molecule has 6 heteroatoms. The second-order valence-corrected chi connectivity index (χ2v) is 8.59. The van der Waals surface area contributed by atoms with Crippen LogP contribution >= 0.6 is 11.8 Å². The number of aryl methyl sites for hydroxylation is 1. The minimum Gasteiger partial charge on any atom is -0.338 e. The Bertz CT molecular complexity index is 1120. The van der Waals surface area contributed by atoms with Crippen LogP contribution in [0, 0.1) is 6.92 Å². The lowest BCUT2D eigenvalue weighted by atomic mass is 10.0. The molecule has 0 spiro atoms. The maximum Gasteiger partial charge on any atom is 0.138 e. The summed E-state index contributed by atoms with van der Waals surface area (Å²) in [6, 6.07) is 14.8. The van der Waals surface area contributed by atoms with Crippen molar-refractivity contribution in [3.8, 4) is 11.4 Å². The van der Waals surface area contributed by atoms with Crippen LogP contribution in [-0.2, 0) is 0 Å². The molecular weight excluding hydrogens is 378 g/mol. The third-order valence-electron chi connectivity index (χ3n) is 5.12. The van der Waals surface area contributed by atoms with Gasteiger partial charge in [-0.05, 0) is 74.7 Å². The molecule has 4 rings (SSSR count). The molecule has 2 aromatic heterocycles. The molecule has 3 N–H and O–H groups in total. The fourth-order valence-corrected chi connectivity index (χ4v) is 4.43. The Morgan fingerprint density at radius 3 is 2.86 bits per heavy atom. The van der Waals surface area contributed by atoms with Crippen LogP contribution in [0.2, 0.25) is 0 Å². The monoisotopic (exact) mass is 405 g/mol. The molecule has 0 aliphatic heterocycles. The summed E-state index contributed by atoms with van der Waals surface area (Å²) in [6.07, 6.45) is 2.98. The van der Waals surface area contributed by atoms with E-state index in [1.54, 1.807) is 0 Å². The number of likely N-dealkylation sites (N-methyl/N-ethyl adjacent to an activating group) is 1. The van der Waals surface area contributed by atoms with Crippen molar-refractivity contribution >= 4 is 33.7 Å². The van der Waals surface area contributed by atoms with E-state index >= 15 is 0 Å². The van der Waals surface area contributed by atoms with Gasteiger partial charge in [0.25, 0.3) is 0 Å². The van der Waals surface area contributed by atoms with Crippen LogP contribution in [0.15, 0.2) is 53.6 Å². The molecule has 2 aromatic carbocycles. The topological polar surface area (TPSA) is 70.8 Å². The van der Waals surface area contributed by atoms with Crippen LogP contribution in [0.5, 0.6) is 0 Å². The molecule has 4 aromatic rings. The van der Waals surface area contributed by atoms with Gasteiger partial charge in [-0.15, -0.1) is 11.8 Å². The van der Waals surface area contributed by atoms with Crippen LogP contribution in [0.25, 0.3) is 33.3 Å². The number of imidazole rings is 1. The predicted molar refractivity (Wildman–Crippen MR) is 123 cm³/mol. The molecule has 2 heterocycles. The molecule has 0 saturated heterocycles. The fourth-order valence-electron chi connectivity index (χ4n) is 3.55. The number of hydrogen-bond acceptors (Lipinski definition) is 5. The van der Waals surface area contributed by atoms with E-state index in [0.29, 0.717) is 0 Å². The number of nitrogens with zero attached hydrogens (tertiary/aromatic N) is 3. The van der Waals surface area contributed by atoms with E-state index in [9.17, 15) is 0 Å². The number of thioether (sulfide) groups is 1. The van der Waals surface area contributed by atoms with Crippen molar-refractivity contribution < 1.29 is 0 Å². The number of nitrogens with one attached hydrogen (secondary N) is 1. The van der Waals surface area contributed by atoms with Crippen molar-refractivity contribution in [3.05, 3.63) is 54.2 Å². The normalized spacial score (nSPS) is 11.7. The second kappa shape index (κ2) is 8.95. The highest BCUT2D eigenvalue weighted by atomic mass is 32.2. The van der Waals surface area contributed by atoms with Gasteiger partial charge in [-0.2, -0.15) is 0 Å². The maximum absolute atomic E-state index is 5.60. The zero-order valence-corrected chi connectivity index (χ0v) is 17.8. The Hall–Kier alpha value is -2.41. The summed E-state index contributed by atoms with van der Waals surface area (Å²) >= 11 is 1.89. The Kier molecular flexibility index (Phi) is 6.13. The van der Waals surface area contributed by atoms with Crippen LogP contribution in [-0.4, -0.2) is 52.3 Å². The molecule has 0 amide bonds. The lowest BCUT2D eigenvalue weighted by Crippen LogP contribution is -2.26. The zero-order valence-electron chi connectivity index (χ0n) is 17.0. The first-order chi connectivity index (χ1) is 14.1. The number of benzene rings is 2. The second-order valence-electron chi connectivity index (χ2n) is 7.42. The Morgan fingerprint density at radius 1 is 1.10 bits per heavy atom. The molecule has 5 nitrogen and oxygen atoms in total. The fraction of sp³-hybridized carbons (Fsp3) is 0.304. The van der Waals surface area contributed by atoms with Crippen molar-refractivity contribution in [2.24, 2.45) is 5.73 Å². The van der Waals surface area contributed by atoms with E-state index in [1.165, 1.54) is 10.5 Å². The molecular formula is C23H27N5S. The number of nitrogens with two attached hydrogens (primary N) is 1. The van der Waals surface area contributed by atoms with Crippen LogP contribution in [0.1, 0.15) is 12.0 Å². The number of pyridine rings is 1. The Morgan fingerprint density at radius 2 is 2.00 bits per heavy atom. The number of aromatic nitrogens is 3. The van der Waals surface area contributed by atoms with Crippen molar-refractivity contribution in [1.29, 1.82) is 0 Å². The summed E-state index contributed by atoms with van der Waals surface area (Å²) in [5.41, 5.74) is 11.0. The lowest BCUT2D eigenvalue weighted by Gasteiger charge is -2.14. The number of fused-ring (bicyclic) bond motifs is 2. The molecule has 0 aliphatic rings. The maximum atomic E-state index is 5.60. The first-order valence-corrected chi connectivity index (χ1v) is 11.0. The van der Waals surface area contributed by atoms with Crippen molar-refractivity contribution in [2.45, 2.75) is 18.2 Å². The summed E-state index contributed by atoms with van der Waals surface area (Å²) in [5.74, 6) is 1.99. The number of aromatic amines is 1. The van der Waals surface area contributed by atoms with Crippen molar-refractivity contribution in [3.63, 3.8) is 0 Å². The third-order valence-corrected chi connectivity index (χ3v) is 6.20. The van der Waals surface area contributed by atoms with Gasteiger partial charge in [0.1, 0.15) is 5.82 Å². The molecule has 0 atom stereocenters. The molecule has 0 unspecified atom stereocenters. The minimum absolute atomic E-state index is 0.717. The van der Waals surface area contributed by atoms with E-state index in [0.717, 1.165) is 65.1 Å². The molecule has 0 fully saturated rings. The van der Waals surface area contributed by atoms with Gasteiger partial charge in [-0.25, -0.2) is 4.98 Å². The summed E-state index contributed by atoms with van der Waals surface area (Å²) in [6.45, 7) is 4.88. The molecule has 150 valence electrons. The van der Waals surface area contributed by atoms with E-state index < -0.39 is 0 Å². The molecule has 0 aliphatic carbocycles. The first kappa shape index (κ1) is 19.9. The highest BCUT2D eigenvalue weighted by molar-refractivity contribution is 7.99. The first-order valence-electron chi connectivity index (χ1n) is 10.0. The van der Waals surface area contributed by atoms with Gasteiger partial charge in [0, 0.05) is 35.1 Å². The van der Waals surface area contributed by atoms with Crippen LogP contribution < -0.4 is 5.73 Å². The molecule has 0 radical (unpaired) electrons. The van der Waals surface area contributed by atoms with Gasteiger partial charge in [0.2, 0.25) is 0 Å². The molecule has 29 heavy (non-hydrogen) atoms. The average Bonchev–Trinajstić information content (AvgIpc) is 3.14. The Balaban J connectivity index is 1.51. The number of hydrogen-bond donors (Lipinski definition) is 2. The van der Waals surface area contributed by atoms with Gasteiger partial charge in [0.15, 0.2) is 0 Å². The Labute approximate surface area is 175 Å². The van der Waals surface area contributed by atoms with Gasteiger partial charge in [0.05, 0.1) is 16.6 Å². The zero-order chi connectivity index (χ0) is 20.2. The van der Waals surface area contributed by atoms with Crippen molar-refractivity contribution in [1.82, 2.24) is 19.9 Å². The number of H-pyrrole nitrogens is 1. The smallest absolute Gasteiger partial charge is 0.138 e. The van der Waals surface area contributed by atoms with Crippen LogP contribution in [0.4, 0.5) is 0 Å². The highest BCUT2D eigenvalue weighted by Gasteiger charge is 2.10. The third kappa shape index (κ3) is 4.61. The number of rotatable bonds is 8. The van der Waals surface area contributed by atoms with Gasteiger partial charge < -0.3 is 15.6 Å². The summed E-state index contributed by atoms with van der Waals surface area (Å²) in [7, 11) is 2.13. The van der Waals surface area contributed by atoms with E-state index in [2.05, 4.69) is 65.2 Å². The summed E-state index contributed by atoms with van der Waals surface area (Å²) < 4.78 is 0. The van der Waals surface area contributed by atoms with E-state index in [4.69, 9.17) is 10.7 Å². The highest BCUT2D eigenvalue weighted by Crippen LogP contribution is 2.29. The largest absolute Gasteiger partial charge is 0.338 e. The summed E-state index contributed by atoms with van der Waals surface area (Å²) in [4.78, 5) is 16.4. The molecule has 0 bridgehead atoms. The van der Waals surface area contributed by atoms with E-state index in [1.807, 2.05) is 24.0 Å². The van der Waals surface area contributed by atoms with Gasteiger partial charge >= 0.3 is 0 Å². The van der Waals surface area contributed by atoms with E-state index in [-0.39, 0.29) is 0 Å². The lowest BCUT2D eigenvalue weighted by molar-refractivity contribution is 0.345. The molecule has 0 saturated carbocycles.